The van der Waals surface area contributed by atoms with Gasteiger partial charge in [-0.1, -0.05) is 6.07 Å². The highest BCUT2D eigenvalue weighted by Gasteiger charge is 2.09. The van der Waals surface area contributed by atoms with Gasteiger partial charge < -0.3 is 15.2 Å². The van der Waals surface area contributed by atoms with Crippen LogP contribution in [0.1, 0.15) is 5.56 Å². The van der Waals surface area contributed by atoms with Crippen LogP contribution in [0.2, 0.25) is 0 Å². The second kappa shape index (κ2) is 5.99. The van der Waals surface area contributed by atoms with E-state index in [0.717, 1.165) is 5.56 Å². The van der Waals surface area contributed by atoms with Crippen LogP contribution in [0.25, 0.3) is 0 Å². The Balaban J connectivity index is 2.87. The quantitative estimate of drug-likeness (QED) is 0.813. The zero-order valence-corrected chi connectivity index (χ0v) is 9.56. The number of ether oxygens (including phenoxy) is 2. The molecule has 0 spiro atoms. The minimum Gasteiger partial charge on any atom is -0.493 e. The molecule has 1 rings (SSSR count). The number of nitriles is 1. The molecule has 0 amide bonds. The van der Waals surface area contributed by atoms with Crippen molar-refractivity contribution in [3.05, 3.63) is 23.8 Å². The van der Waals surface area contributed by atoms with Crippen molar-refractivity contribution in [1.82, 2.24) is 0 Å². The van der Waals surface area contributed by atoms with Gasteiger partial charge in [0, 0.05) is 6.54 Å². The van der Waals surface area contributed by atoms with Crippen LogP contribution in [0, 0.1) is 17.2 Å². The monoisotopic (exact) mass is 220 g/mol. The molecule has 1 aromatic rings. The number of nitrogens with two attached hydrogens (primary N) is 1. The normalized spacial score (nSPS) is 11.6. The van der Waals surface area contributed by atoms with Gasteiger partial charge in [0.25, 0.3) is 0 Å². The van der Waals surface area contributed by atoms with Crippen molar-refractivity contribution in [2.45, 2.75) is 6.42 Å². The van der Waals surface area contributed by atoms with Gasteiger partial charge in [0.15, 0.2) is 11.5 Å². The van der Waals surface area contributed by atoms with Gasteiger partial charge in [0.2, 0.25) is 0 Å². The molecule has 0 radical (unpaired) electrons. The Labute approximate surface area is 95.6 Å². The standard InChI is InChI=1S/C12H16N2O2/c1-15-11-4-3-9(6-12(11)16-2)5-10(7-13)8-14/h3-4,6,10H,5,7,13H2,1-2H3. The van der Waals surface area contributed by atoms with Gasteiger partial charge >= 0.3 is 0 Å². The van der Waals surface area contributed by atoms with Gasteiger partial charge in [-0.05, 0) is 24.1 Å². The number of methoxy groups -OCH3 is 2. The van der Waals surface area contributed by atoms with Crippen molar-refractivity contribution in [3.63, 3.8) is 0 Å². The highest BCUT2D eigenvalue weighted by atomic mass is 16.5. The molecule has 0 aliphatic carbocycles. The number of rotatable bonds is 5. The largest absolute Gasteiger partial charge is 0.493 e. The van der Waals surface area contributed by atoms with Crippen molar-refractivity contribution in [1.29, 1.82) is 5.26 Å². The highest BCUT2D eigenvalue weighted by molar-refractivity contribution is 5.43. The zero-order valence-electron chi connectivity index (χ0n) is 9.56. The number of hydrogen-bond acceptors (Lipinski definition) is 4. The maximum Gasteiger partial charge on any atom is 0.160 e. The average Bonchev–Trinajstić information content (AvgIpc) is 2.35. The Hall–Kier alpha value is -1.73. The van der Waals surface area contributed by atoms with Crippen molar-refractivity contribution in [2.24, 2.45) is 11.7 Å². The van der Waals surface area contributed by atoms with E-state index in [1.165, 1.54) is 0 Å². The lowest BCUT2D eigenvalue weighted by Crippen LogP contribution is -2.14. The molecule has 86 valence electrons. The summed E-state index contributed by atoms with van der Waals surface area (Å²) in [7, 11) is 3.18. The maximum atomic E-state index is 8.83. The van der Waals surface area contributed by atoms with Gasteiger partial charge in [-0.2, -0.15) is 5.26 Å². The molecule has 0 aliphatic heterocycles. The van der Waals surface area contributed by atoms with E-state index in [4.69, 9.17) is 20.5 Å². The minimum atomic E-state index is -0.155. The van der Waals surface area contributed by atoms with E-state index in [1.54, 1.807) is 14.2 Å². The predicted octanol–water partition coefficient (Wildman–Crippen LogP) is 1.34. The Bertz CT molecular complexity index is 385. The lowest BCUT2D eigenvalue weighted by molar-refractivity contribution is 0.354. The van der Waals surface area contributed by atoms with Crippen molar-refractivity contribution < 1.29 is 9.47 Å². The third kappa shape index (κ3) is 2.88. The summed E-state index contributed by atoms with van der Waals surface area (Å²) in [5.41, 5.74) is 6.50. The second-order valence-corrected chi connectivity index (χ2v) is 3.46. The first-order valence-corrected chi connectivity index (χ1v) is 5.05. The number of benzene rings is 1. The van der Waals surface area contributed by atoms with Gasteiger partial charge in [0.05, 0.1) is 26.2 Å². The van der Waals surface area contributed by atoms with Crippen LogP contribution in [-0.2, 0) is 6.42 Å². The molecule has 1 atom stereocenters. The first kappa shape index (κ1) is 12.3. The first-order valence-electron chi connectivity index (χ1n) is 5.05. The summed E-state index contributed by atoms with van der Waals surface area (Å²) in [5.74, 6) is 1.21. The predicted molar refractivity (Wildman–Crippen MR) is 61.4 cm³/mol. The Kier molecular flexibility index (Phi) is 4.62. The molecule has 1 unspecified atom stereocenters. The van der Waals surface area contributed by atoms with Crippen LogP contribution in [0.3, 0.4) is 0 Å². The van der Waals surface area contributed by atoms with E-state index in [2.05, 4.69) is 6.07 Å². The summed E-state index contributed by atoms with van der Waals surface area (Å²) in [6.45, 7) is 0.366. The molecule has 0 fully saturated rings. The molecule has 16 heavy (non-hydrogen) atoms. The Morgan fingerprint density at radius 1 is 1.31 bits per heavy atom. The van der Waals surface area contributed by atoms with Crippen LogP contribution < -0.4 is 15.2 Å². The topological polar surface area (TPSA) is 68.3 Å². The molecule has 0 saturated carbocycles. The van der Waals surface area contributed by atoms with Crippen molar-refractivity contribution in [3.8, 4) is 17.6 Å². The molecule has 4 heteroatoms. The maximum absolute atomic E-state index is 8.83. The molecule has 0 bridgehead atoms. The van der Waals surface area contributed by atoms with E-state index in [9.17, 15) is 0 Å². The van der Waals surface area contributed by atoms with Crippen LogP contribution in [-0.4, -0.2) is 20.8 Å². The molecule has 1 aromatic carbocycles. The third-order valence-corrected chi connectivity index (χ3v) is 2.40. The molecule has 2 N–H and O–H groups in total. The highest BCUT2D eigenvalue weighted by Crippen LogP contribution is 2.28. The fourth-order valence-electron chi connectivity index (χ4n) is 1.47. The SMILES string of the molecule is COc1ccc(CC(C#N)CN)cc1OC. The molecular formula is C12H16N2O2. The number of hydrogen-bond donors (Lipinski definition) is 1. The van der Waals surface area contributed by atoms with Crippen LogP contribution >= 0.6 is 0 Å². The number of nitrogens with zero attached hydrogens (tertiary/aromatic N) is 1. The summed E-state index contributed by atoms with van der Waals surface area (Å²) < 4.78 is 10.3. The first-order chi connectivity index (χ1) is 7.74. The fourth-order valence-corrected chi connectivity index (χ4v) is 1.47. The van der Waals surface area contributed by atoms with Crippen LogP contribution in [0.5, 0.6) is 11.5 Å². The second-order valence-electron chi connectivity index (χ2n) is 3.46. The van der Waals surface area contributed by atoms with E-state index in [-0.39, 0.29) is 5.92 Å². The third-order valence-electron chi connectivity index (χ3n) is 2.40. The summed E-state index contributed by atoms with van der Waals surface area (Å²) in [6, 6.07) is 7.79. The minimum absolute atomic E-state index is 0.155. The summed E-state index contributed by atoms with van der Waals surface area (Å²) >= 11 is 0. The molecular weight excluding hydrogens is 204 g/mol. The Morgan fingerprint density at radius 3 is 2.50 bits per heavy atom. The van der Waals surface area contributed by atoms with E-state index >= 15 is 0 Å². The average molecular weight is 220 g/mol. The fraction of sp³-hybridized carbons (Fsp3) is 0.417. The van der Waals surface area contributed by atoms with Gasteiger partial charge in [-0.3, -0.25) is 0 Å². The molecule has 0 aromatic heterocycles. The van der Waals surface area contributed by atoms with Crippen molar-refractivity contribution >= 4 is 0 Å². The van der Waals surface area contributed by atoms with Gasteiger partial charge in [-0.15, -0.1) is 0 Å². The zero-order chi connectivity index (χ0) is 12.0. The van der Waals surface area contributed by atoms with E-state index in [1.807, 2.05) is 18.2 Å². The lowest BCUT2D eigenvalue weighted by atomic mass is 10.0. The lowest BCUT2D eigenvalue weighted by Gasteiger charge is -2.11. The van der Waals surface area contributed by atoms with Crippen LogP contribution in [0.15, 0.2) is 18.2 Å². The molecule has 0 saturated heterocycles. The molecule has 4 nitrogen and oxygen atoms in total. The van der Waals surface area contributed by atoms with E-state index < -0.39 is 0 Å². The van der Waals surface area contributed by atoms with Crippen LogP contribution in [0.4, 0.5) is 0 Å². The summed E-state index contributed by atoms with van der Waals surface area (Å²) in [6.07, 6.45) is 0.632. The summed E-state index contributed by atoms with van der Waals surface area (Å²) in [4.78, 5) is 0. The van der Waals surface area contributed by atoms with Gasteiger partial charge in [0.1, 0.15) is 0 Å². The molecule has 0 aliphatic rings. The summed E-state index contributed by atoms with van der Waals surface area (Å²) in [5, 5.41) is 8.83. The molecule has 0 heterocycles. The smallest absolute Gasteiger partial charge is 0.160 e. The Morgan fingerprint density at radius 2 is 2.00 bits per heavy atom. The van der Waals surface area contributed by atoms with Gasteiger partial charge in [-0.25, -0.2) is 0 Å². The van der Waals surface area contributed by atoms with Crippen molar-refractivity contribution in [2.75, 3.05) is 20.8 Å². The van der Waals surface area contributed by atoms with E-state index in [0.29, 0.717) is 24.5 Å².